The number of aromatic nitrogens is 4. The molecule has 3 N–H and O–H groups in total. The van der Waals surface area contributed by atoms with Gasteiger partial charge in [0.1, 0.15) is 5.75 Å². The van der Waals surface area contributed by atoms with Gasteiger partial charge in [-0.25, -0.2) is 4.68 Å². The number of carbonyl (C=O) groups excluding carboxylic acids is 1. The van der Waals surface area contributed by atoms with Gasteiger partial charge < -0.3 is 10.4 Å². The van der Waals surface area contributed by atoms with E-state index in [9.17, 15) is 20.0 Å². The van der Waals surface area contributed by atoms with E-state index >= 15 is 0 Å². The largest absolute Gasteiger partial charge is 0.508 e. The van der Waals surface area contributed by atoms with Crippen molar-refractivity contribution in [1.29, 1.82) is 0 Å². The van der Waals surface area contributed by atoms with Crippen molar-refractivity contribution in [3.05, 3.63) is 70.0 Å². The van der Waals surface area contributed by atoms with E-state index in [0.717, 1.165) is 0 Å². The van der Waals surface area contributed by atoms with Crippen LogP contribution in [0.1, 0.15) is 23.0 Å². The molecule has 0 saturated heterocycles. The van der Waals surface area contributed by atoms with E-state index in [4.69, 9.17) is 0 Å². The summed E-state index contributed by atoms with van der Waals surface area (Å²) in [5, 5.41) is 34.9. The van der Waals surface area contributed by atoms with Gasteiger partial charge in [0.05, 0.1) is 33.6 Å². The maximum Gasteiger partial charge on any atom is 0.269 e. The van der Waals surface area contributed by atoms with Crippen LogP contribution in [-0.4, -0.2) is 35.9 Å². The zero-order chi connectivity index (χ0) is 20.5. The Bertz CT molecular complexity index is 1230. The highest BCUT2D eigenvalue weighted by atomic mass is 16.6. The quantitative estimate of drug-likeness (QED) is 0.352. The van der Waals surface area contributed by atoms with E-state index in [1.807, 2.05) is 6.92 Å². The molecule has 0 aliphatic rings. The Hall–Kier alpha value is -4.21. The standard InChI is InChI=1S/C19H16N6O4/c1-2-17-15(10-20-24(17)11-3-5-12(6-4-11)25(28)29)19(27)21-18-14-8-7-13(26)9-16(14)22-23-18/h3-10,26H,2H2,1H3,(H2,21,22,23,27). The van der Waals surface area contributed by atoms with E-state index in [1.165, 1.54) is 30.5 Å². The van der Waals surface area contributed by atoms with E-state index in [1.54, 1.807) is 22.9 Å². The molecule has 29 heavy (non-hydrogen) atoms. The average Bonchev–Trinajstić information content (AvgIpc) is 3.31. The van der Waals surface area contributed by atoms with Crippen molar-refractivity contribution < 1.29 is 14.8 Å². The molecule has 0 unspecified atom stereocenters. The van der Waals surface area contributed by atoms with Gasteiger partial charge in [0.15, 0.2) is 5.82 Å². The van der Waals surface area contributed by atoms with Crippen LogP contribution in [0.25, 0.3) is 16.6 Å². The molecule has 4 rings (SSSR count). The Kier molecular flexibility index (Phi) is 4.43. The van der Waals surface area contributed by atoms with Crippen molar-refractivity contribution in [3.8, 4) is 11.4 Å². The third kappa shape index (κ3) is 3.27. The number of amides is 1. The van der Waals surface area contributed by atoms with E-state index in [0.29, 0.717) is 40.1 Å². The molecule has 0 atom stereocenters. The Balaban J connectivity index is 1.64. The van der Waals surface area contributed by atoms with E-state index < -0.39 is 4.92 Å². The van der Waals surface area contributed by atoms with Gasteiger partial charge >= 0.3 is 0 Å². The fourth-order valence-corrected chi connectivity index (χ4v) is 3.12. The molecule has 2 aromatic carbocycles. The number of rotatable bonds is 5. The number of hydrogen-bond donors (Lipinski definition) is 3. The maximum atomic E-state index is 12.8. The summed E-state index contributed by atoms with van der Waals surface area (Å²) in [6, 6.07) is 10.6. The number of phenols is 1. The van der Waals surface area contributed by atoms with Gasteiger partial charge in [-0.1, -0.05) is 6.92 Å². The van der Waals surface area contributed by atoms with Gasteiger partial charge in [0.2, 0.25) is 0 Å². The highest BCUT2D eigenvalue weighted by Gasteiger charge is 2.19. The Morgan fingerprint density at radius 3 is 2.72 bits per heavy atom. The number of phenolic OH excluding ortho intramolecular Hbond substituents is 1. The summed E-state index contributed by atoms with van der Waals surface area (Å²) >= 11 is 0. The summed E-state index contributed by atoms with van der Waals surface area (Å²) in [5.41, 5.74) is 2.23. The lowest BCUT2D eigenvalue weighted by molar-refractivity contribution is -0.384. The highest BCUT2D eigenvalue weighted by molar-refractivity contribution is 6.08. The first-order valence-corrected chi connectivity index (χ1v) is 8.78. The number of aromatic hydroxyl groups is 1. The number of carbonyl (C=O) groups is 1. The minimum atomic E-state index is -0.472. The van der Waals surface area contributed by atoms with Crippen LogP contribution >= 0.6 is 0 Å². The predicted octanol–water partition coefficient (Wildman–Crippen LogP) is 3.18. The first kappa shape index (κ1) is 18.2. The second-order valence-corrected chi connectivity index (χ2v) is 6.30. The van der Waals surface area contributed by atoms with Crippen LogP contribution in [0.5, 0.6) is 5.75 Å². The Morgan fingerprint density at radius 2 is 2.03 bits per heavy atom. The topological polar surface area (TPSA) is 139 Å². The predicted molar refractivity (Wildman–Crippen MR) is 105 cm³/mol. The number of nitro benzene ring substituents is 1. The number of non-ortho nitro benzene ring substituents is 1. The van der Waals surface area contributed by atoms with Gasteiger partial charge in [-0.15, -0.1) is 0 Å². The number of fused-ring (bicyclic) bond motifs is 1. The van der Waals surface area contributed by atoms with E-state index in [-0.39, 0.29) is 17.3 Å². The zero-order valence-corrected chi connectivity index (χ0v) is 15.3. The fourth-order valence-electron chi connectivity index (χ4n) is 3.12. The van der Waals surface area contributed by atoms with Crippen LogP contribution in [0.3, 0.4) is 0 Å². The molecule has 0 radical (unpaired) electrons. The number of hydrogen-bond acceptors (Lipinski definition) is 6. The fraction of sp³-hybridized carbons (Fsp3) is 0.105. The molecule has 0 aliphatic heterocycles. The average molecular weight is 392 g/mol. The third-order valence-corrected chi connectivity index (χ3v) is 4.53. The molecule has 2 aromatic heterocycles. The summed E-state index contributed by atoms with van der Waals surface area (Å²) in [4.78, 5) is 23.2. The molecule has 10 heteroatoms. The van der Waals surface area contributed by atoms with Gasteiger partial charge in [0.25, 0.3) is 11.6 Å². The number of anilines is 1. The molecule has 0 spiro atoms. The number of nitrogens with one attached hydrogen (secondary N) is 2. The zero-order valence-electron chi connectivity index (χ0n) is 15.3. The molecule has 4 aromatic rings. The molecule has 1 amide bonds. The van der Waals surface area contributed by atoms with Crippen molar-refractivity contribution >= 4 is 28.3 Å². The van der Waals surface area contributed by atoms with Crippen LogP contribution in [-0.2, 0) is 6.42 Å². The van der Waals surface area contributed by atoms with Gasteiger partial charge in [0, 0.05) is 23.6 Å². The molecule has 0 fully saturated rings. The minimum Gasteiger partial charge on any atom is -0.508 e. The normalized spacial score (nSPS) is 10.9. The van der Waals surface area contributed by atoms with Gasteiger partial charge in [-0.3, -0.25) is 20.0 Å². The Labute approximate surface area is 163 Å². The summed E-state index contributed by atoms with van der Waals surface area (Å²) in [7, 11) is 0. The molecule has 0 bridgehead atoms. The lowest BCUT2D eigenvalue weighted by Crippen LogP contribution is -2.14. The number of benzene rings is 2. The maximum absolute atomic E-state index is 12.8. The second-order valence-electron chi connectivity index (χ2n) is 6.30. The Morgan fingerprint density at radius 1 is 1.28 bits per heavy atom. The molecule has 0 saturated carbocycles. The van der Waals surface area contributed by atoms with Crippen LogP contribution in [0.15, 0.2) is 48.7 Å². The molecule has 10 nitrogen and oxygen atoms in total. The molecule has 146 valence electrons. The minimum absolute atomic E-state index is 0.0200. The summed E-state index contributed by atoms with van der Waals surface area (Å²) in [6.45, 7) is 1.89. The second kappa shape index (κ2) is 7.08. The van der Waals surface area contributed by atoms with Crippen LogP contribution in [0.2, 0.25) is 0 Å². The first-order valence-electron chi connectivity index (χ1n) is 8.78. The monoisotopic (exact) mass is 392 g/mol. The summed E-state index contributed by atoms with van der Waals surface area (Å²) in [5.74, 6) is 0.0586. The van der Waals surface area contributed by atoms with Gasteiger partial charge in [-0.05, 0) is 30.7 Å². The molecule has 2 heterocycles. The molecular formula is C19H16N6O4. The summed E-state index contributed by atoms with van der Waals surface area (Å²) in [6.07, 6.45) is 1.98. The number of H-pyrrole nitrogens is 1. The van der Waals surface area contributed by atoms with Crippen LogP contribution in [0.4, 0.5) is 11.5 Å². The molecule has 0 aliphatic carbocycles. The van der Waals surface area contributed by atoms with Crippen LogP contribution < -0.4 is 5.32 Å². The highest BCUT2D eigenvalue weighted by Crippen LogP contribution is 2.25. The van der Waals surface area contributed by atoms with Crippen molar-refractivity contribution in [2.45, 2.75) is 13.3 Å². The number of nitro groups is 1. The number of aromatic amines is 1. The smallest absolute Gasteiger partial charge is 0.269 e. The number of nitrogens with zero attached hydrogens (tertiary/aromatic N) is 4. The summed E-state index contributed by atoms with van der Waals surface area (Å²) < 4.78 is 1.58. The van der Waals surface area contributed by atoms with E-state index in [2.05, 4.69) is 20.6 Å². The van der Waals surface area contributed by atoms with Crippen LogP contribution in [0, 0.1) is 10.1 Å². The van der Waals surface area contributed by atoms with Crippen molar-refractivity contribution in [2.75, 3.05) is 5.32 Å². The molecular weight excluding hydrogens is 376 g/mol. The first-order chi connectivity index (χ1) is 14.0. The lowest BCUT2D eigenvalue weighted by atomic mass is 10.1. The lowest BCUT2D eigenvalue weighted by Gasteiger charge is -2.08. The van der Waals surface area contributed by atoms with Crippen molar-refractivity contribution in [1.82, 2.24) is 20.0 Å². The third-order valence-electron chi connectivity index (χ3n) is 4.53. The van der Waals surface area contributed by atoms with Gasteiger partial charge in [-0.2, -0.15) is 10.2 Å². The SMILES string of the molecule is CCc1c(C(=O)Nc2n[nH]c3cc(O)ccc23)cnn1-c1ccc([N+](=O)[O-])cc1. The van der Waals surface area contributed by atoms with Crippen molar-refractivity contribution in [3.63, 3.8) is 0 Å². The van der Waals surface area contributed by atoms with Crippen molar-refractivity contribution in [2.24, 2.45) is 0 Å².